The highest BCUT2D eigenvalue weighted by molar-refractivity contribution is 5.34. The van der Waals surface area contributed by atoms with Gasteiger partial charge in [0.2, 0.25) is 0 Å². The molecule has 0 saturated carbocycles. The van der Waals surface area contributed by atoms with Crippen LogP contribution in [0.1, 0.15) is 43.1 Å². The molecule has 2 heteroatoms. The molecule has 1 N–H and O–H groups in total. The molecule has 1 aromatic carbocycles. The van der Waals surface area contributed by atoms with Crippen LogP contribution in [0.4, 0.5) is 0 Å². The molecule has 0 radical (unpaired) electrons. The molecule has 17 heavy (non-hydrogen) atoms. The summed E-state index contributed by atoms with van der Waals surface area (Å²) in [5.41, 5.74) is 3.56. The molecule has 0 heterocycles. The van der Waals surface area contributed by atoms with Crippen molar-refractivity contribution in [1.82, 2.24) is 4.90 Å². The summed E-state index contributed by atoms with van der Waals surface area (Å²) in [5, 5.41) is 10.2. The van der Waals surface area contributed by atoms with Crippen LogP contribution in [0.3, 0.4) is 0 Å². The van der Waals surface area contributed by atoms with Gasteiger partial charge in [0.25, 0.3) is 0 Å². The third-order valence-electron chi connectivity index (χ3n) is 3.62. The fraction of sp³-hybridized carbons (Fsp3) is 0.600. The molecule has 0 aliphatic heterocycles. The first kappa shape index (κ1) is 14.2. The summed E-state index contributed by atoms with van der Waals surface area (Å²) in [4.78, 5) is 2.34. The van der Waals surface area contributed by atoms with E-state index in [0.29, 0.717) is 0 Å². The van der Waals surface area contributed by atoms with E-state index in [4.69, 9.17) is 0 Å². The van der Waals surface area contributed by atoms with Gasteiger partial charge >= 0.3 is 0 Å². The van der Waals surface area contributed by atoms with Gasteiger partial charge in [0.15, 0.2) is 0 Å². The van der Waals surface area contributed by atoms with Gasteiger partial charge in [0.05, 0.1) is 6.10 Å². The van der Waals surface area contributed by atoms with Crippen LogP contribution in [-0.4, -0.2) is 29.6 Å². The third kappa shape index (κ3) is 3.83. The quantitative estimate of drug-likeness (QED) is 0.819. The summed E-state index contributed by atoms with van der Waals surface area (Å²) in [6.07, 6.45) is 0.474. The van der Waals surface area contributed by atoms with E-state index < -0.39 is 0 Å². The van der Waals surface area contributed by atoms with Gasteiger partial charge in [-0.15, -0.1) is 0 Å². The molecule has 0 aliphatic carbocycles. The van der Waals surface area contributed by atoms with Crippen LogP contribution < -0.4 is 0 Å². The van der Waals surface area contributed by atoms with Crippen molar-refractivity contribution in [2.45, 2.75) is 40.2 Å². The van der Waals surface area contributed by atoms with Crippen LogP contribution in [0.5, 0.6) is 0 Å². The highest BCUT2D eigenvalue weighted by Crippen LogP contribution is 2.22. The highest BCUT2D eigenvalue weighted by Gasteiger charge is 2.12. The Labute approximate surface area is 105 Å². The van der Waals surface area contributed by atoms with E-state index in [1.54, 1.807) is 0 Å². The lowest BCUT2D eigenvalue weighted by atomic mass is 9.97. The second-order valence-corrected chi connectivity index (χ2v) is 4.62. The predicted octanol–water partition coefficient (Wildman–Crippen LogP) is 3.07. The van der Waals surface area contributed by atoms with Crippen LogP contribution in [0.2, 0.25) is 0 Å². The number of aryl methyl sites for hydroxylation is 1. The van der Waals surface area contributed by atoms with Crippen LogP contribution >= 0.6 is 0 Å². The Balaban J connectivity index is 2.63. The fourth-order valence-corrected chi connectivity index (χ4v) is 2.13. The summed E-state index contributed by atoms with van der Waals surface area (Å²) in [7, 11) is 0. The molecular weight excluding hydrogens is 210 g/mol. The number of aliphatic hydroxyl groups excluding tert-OH is 1. The van der Waals surface area contributed by atoms with E-state index in [9.17, 15) is 5.11 Å². The minimum atomic E-state index is -0.338. The normalized spacial score (nSPS) is 13.1. The molecule has 1 atom stereocenters. The molecule has 0 amide bonds. The summed E-state index contributed by atoms with van der Waals surface area (Å²) in [6, 6.07) is 6.16. The van der Waals surface area contributed by atoms with Crippen molar-refractivity contribution in [1.29, 1.82) is 0 Å². The number of hydrogen-bond acceptors (Lipinski definition) is 2. The maximum absolute atomic E-state index is 10.2. The van der Waals surface area contributed by atoms with Gasteiger partial charge < -0.3 is 10.0 Å². The maximum atomic E-state index is 10.2. The Kier molecular flexibility index (Phi) is 5.66. The summed E-state index contributed by atoms with van der Waals surface area (Å²) in [5.74, 6) is 0. The van der Waals surface area contributed by atoms with Crippen molar-refractivity contribution in [2.75, 3.05) is 19.6 Å². The summed E-state index contributed by atoms with van der Waals surface area (Å²) < 4.78 is 0. The Hall–Kier alpha value is -0.860. The van der Waals surface area contributed by atoms with Crippen LogP contribution in [0.15, 0.2) is 18.2 Å². The Morgan fingerprint density at radius 3 is 2.41 bits per heavy atom. The lowest BCUT2D eigenvalue weighted by Crippen LogP contribution is -2.25. The molecule has 0 fully saturated rings. The molecule has 0 spiro atoms. The molecule has 2 nitrogen and oxygen atoms in total. The van der Waals surface area contributed by atoms with Gasteiger partial charge in [0, 0.05) is 6.54 Å². The SMILES string of the molecule is CCN(CC)CCC(O)c1cccc(C)c1C. The first-order valence-corrected chi connectivity index (χ1v) is 6.56. The Bertz CT molecular complexity index is 345. The van der Waals surface area contributed by atoms with E-state index in [1.165, 1.54) is 11.1 Å². The molecule has 96 valence electrons. The van der Waals surface area contributed by atoms with Crippen molar-refractivity contribution in [3.05, 3.63) is 34.9 Å². The molecule has 0 aliphatic rings. The Morgan fingerprint density at radius 1 is 1.18 bits per heavy atom. The number of nitrogens with zero attached hydrogens (tertiary/aromatic N) is 1. The zero-order valence-electron chi connectivity index (χ0n) is 11.5. The molecule has 1 unspecified atom stereocenters. The van der Waals surface area contributed by atoms with Gasteiger partial charge in [0.1, 0.15) is 0 Å². The number of rotatable bonds is 6. The molecular formula is C15H25NO. The largest absolute Gasteiger partial charge is 0.388 e. The molecule has 1 rings (SSSR count). The number of hydrogen-bond donors (Lipinski definition) is 1. The van der Waals surface area contributed by atoms with Gasteiger partial charge in [-0.2, -0.15) is 0 Å². The molecule has 0 aromatic heterocycles. The second kappa shape index (κ2) is 6.77. The van der Waals surface area contributed by atoms with Crippen LogP contribution in [-0.2, 0) is 0 Å². The van der Waals surface area contributed by atoms with Crippen molar-refractivity contribution >= 4 is 0 Å². The molecule has 1 aromatic rings. The average Bonchev–Trinajstić information content (AvgIpc) is 2.33. The minimum absolute atomic E-state index is 0.338. The summed E-state index contributed by atoms with van der Waals surface area (Å²) >= 11 is 0. The number of benzene rings is 1. The number of aliphatic hydroxyl groups is 1. The van der Waals surface area contributed by atoms with Gasteiger partial charge in [-0.05, 0) is 50.0 Å². The van der Waals surface area contributed by atoms with E-state index >= 15 is 0 Å². The smallest absolute Gasteiger partial charge is 0.0804 e. The fourth-order valence-electron chi connectivity index (χ4n) is 2.13. The van der Waals surface area contributed by atoms with E-state index in [2.05, 4.69) is 38.7 Å². The second-order valence-electron chi connectivity index (χ2n) is 4.62. The standard InChI is InChI=1S/C15H25NO/c1-5-16(6-2)11-10-15(17)14-9-7-8-12(3)13(14)4/h7-9,15,17H,5-6,10-11H2,1-4H3. The monoisotopic (exact) mass is 235 g/mol. The minimum Gasteiger partial charge on any atom is -0.388 e. The van der Waals surface area contributed by atoms with Crippen molar-refractivity contribution < 1.29 is 5.11 Å². The lowest BCUT2D eigenvalue weighted by molar-refractivity contribution is 0.144. The third-order valence-corrected chi connectivity index (χ3v) is 3.62. The highest BCUT2D eigenvalue weighted by atomic mass is 16.3. The first-order valence-electron chi connectivity index (χ1n) is 6.56. The van der Waals surface area contributed by atoms with Gasteiger partial charge in [-0.3, -0.25) is 0 Å². The first-order chi connectivity index (χ1) is 8.10. The van der Waals surface area contributed by atoms with Crippen molar-refractivity contribution in [2.24, 2.45) is 0 Å². The van der Waals surface area contributed by atoms with Crippen molar-refractivity contribution in [3.63, 3.8) is 0 Å². The van der Waals surface area contributed by atoms with E-state index in [1.807, 2.05) is 12.1 Å². The maximum Gasteiger partial charge on any atom is 0.0804 e. The molecule has 0 saturated heterocycles. The van der Waals surface area contributed by atoms with E-state index in [0.717, 1.165) is 31.6 Å². The predicted molar refractivity (Wildman–Crippen MR) is 73.3 cm³/mol. The van der Waals surface area contributed by atoms with Crippen LogP contribution in [0, 0.1) is 13.8 Å². The van der Waals surface area contributed by atoms with Crippen molar-refractivity contribution in [3.8, 4) is 0 Å². The average molecular weight is 235 g/mol. The lowest BCUT2D eigenvalue weighted by Gasteiger charge is -2.21. The zero-order valence-corrected chi connectivity index (χ0v) is 11.5. The van der Waals surface area contributed by atoms with Gasteiger partial charge in [-0.25, -0.2) is 0 Å². The summed E-state index contributed by atoms with van der Waals surface area (Å²) in [6.45, 7) is 11.6. The van der Waals surface area contributed by atoms with Gasteiger partial charge in [-0.1, -0.05) is 32.0 Å². The Morgan fingerprint density at radius 2 is 1.82 bits per heavy atom. The topological polar surface area (TPSA) is 23.5 Å². The molecule has 0 bridgehead atoms. The zero-order chi connectivity index (χ0) is 12.8. The van der Waals surface area contributed by atoms with Crippen LogP contribution in [0.25, 0.3) is 0 Å². The van der Waals surface area contributed by atoms with E-state index in [-0.39, 0.29) is 6.10 Å².